The van der Waals surface area contributed by atoms with E-state index >= 15 is 0 Å². The molecule has 0 aliphatic heterocycles. The highest BCUT2D eigenvalue weighted by atomic mass is 35.5. The first-order valence-corrected chi connectivity index (χ1v) is 7.50. The van der Waals surface area contributed by atoms with E-state index in [0.29, 0.717) is 25.5 Å². The third kappa shape index (κ3) is 3.94. The summed E-state index contributed by atoms with van der Waals surface area (Å²) < 4.78 is 24.6. The molecule has 0 fully saturated rings. The molecule has 1 aromatic heterocycles. The first-order chi connectivity index (χ1) is 11.2. The highest BCUT2D eigenvalue weighted by Crippen LogP contribution is 2.25. The normalized spacial score (nSPS) is 10.9. The summed E-state index contributed by atoms with van der Waals surface area (Å²) in [6, 6.07) is 14.5. The first kappa shape index (κ1) is 15.6. The SMILES string of the molecule is Fc1c(Cl)cccc1-c1noc(CCOCc2ccccc2)n1. The van der Waals surface area contributed by atoms with Gasteiger partial charge < -0.3 is 9.26 Å². The summed E-state index contributed by atoms with van der Waals surface area (Å²) in [7, 11) is 0. The minimum absolute atomic E-state index is 0.0278. The molecule has 3 aromatic rings. The molecule has 0 aliphatic carbocycles. The lowest BCUT2D eigenvalue weighted by Crippen LogP contribution is -1.99. The maximum Gasteiger partial charge on any atom is 0.229 e. The van der Waals surface area contributed by atoms with Crippen LogP contribution in [-0.2, 0) is 17.8 Å². The fourth-order valence-corrected chi connectivity index (χ4v) is 2.24. The van der Waals surface area contributed by atoms with Gasteiger partial charge in [-0.1, -0.05) is 53.2 Å². The van der Waals surface area contributed by atoms with E-state index in [-0.39, 0.29) is 16.4 Å². The van der Waals surface area contributed by atoms with Gasteiger partial charge in [0.15, 0.2) is 5.82 Å². The summed E-state index contributed by atoms with van der Waals surface area (Å²) in [4.78, 5) is 4.17. The largest absolute Gasteiger partial charge is 0.376 e. The van der Waals surface area contributed by atoms with Crippen molar-refractivity contribution in [2.45, 2.75) is 13.0 Å². The van der Waals surface area contributed by atoms with Crippen LogP contribution in [0.1, 0.15) is 11.5 Å². The maximum atomic E-state index is 13.9. The fourth-order valence-electron chi connectivity index (χ4n) is 2.07. The van der Waals surface area contributed by atoms with Crippen LogP contribution in [0, 0.1) is 5.82 Å². The number of ether oxygens (including phenoxy) is 1. The number of halogens is 2. The topological polar surface area (TPSA) is 48.2 Å². The van der Waals surface area contributed by atoms with Crippen LogP contribution >= 0.6 is 11.6 Å². The van der Waals surface area contributed by atoms with Gasteiger partial charge in [0.05, 0.1) is 30.2 Å². The lowest BCUT2D eigenvalue weighted by atomic mass is 10.2. The third-order valence-electron chi connectivity index (χ3n) is 3.23. The number of hydrogen-bond donors (Lipinski definition) is 0. The van der Waals surface area contributed by atoms with Crippen LogP contribution in [0.3, 0.4) is 0 Å². The van der Waals surface area contributed by atoms with Crippen LogP contribution < -0.4 is 0 Å². The van der Waals surface area contributed by atoms with E-state index in [1.807, 2.05) is 30.3 Å². The van der Waals surface area contributed by atoms with Crippen molar-refractivity contribution in [2.75, 3.05) is 6.61 Å². The summed E-state index contributed by atoms with van der Waals surface area (Å²) in [5.74, 6) is 0.0253. The van der Waals surface area contributed by atoms with E-state index in [1.165, 1.54) is 6.07 Å². The summed E-state index contributed by atoms with van der Waals surface area (Å²) in [5, 5.41) is 3.81. The highest BCUT2D eigenvalue weighted by molar-refractivity contribution is 6.31. The molecular formula is C17H14ClFN2O2. The van der Waals surface area contributed by atoms with E-state index in [1.54, 1.807) is 12.1 Å². The van der Waals surface area contributed by atoms with Gasteiger partial charge in [0.25, 0.3) is 0 Å². The molecule has 0 unspecified atom stereocenters. The van der Waals surface area contributed by atoms with Gasteiger partial charge in [0.1, 0.15) is 0 Å². The zero-order valence-electron chi connectivity index (χ0n) is 12.2. The second kappa shape index (κ2) is 7.35. The molecule has 0 bridgehead atoms. The van der Waals surface area contributed by atoms with Crippen LogP contribution in [0.15, 0.2) is 53.1 Å². The number of nitrogens with zero attached hydrogens (tertiary/aromatic N) is 2. The molecule has 3 rings (SSSR count). The molecule has 0 saturated carbocycles. The Morgan fingerprint density at radius 2 is 1.91 bits per heavy atom. The monoisotopic (exact) mass is 332 g/mol. The minimum Gasteiger partial charge on any atom is -0.376 e. The smallest absolute Gasteiger partial charge is 0.229 e. The Bertz CT molecular complexity index is 777. The predicted octanol–water partition coefficient (Wildman–Crippen LogP) is 4.29. The Balaban J connectivity index is 1.56. The predicted molar refractivity (Wildman–Crippen MR) is 84.5 cm³/mol. The average molecular weight is 333 g/mol. The molecule has 6 heteroatoms. The summed E-state index contributed by atoms with van der Waals surface area (Å²) in [5.41, 5.74) is 1.32. The van der Waals surface area contributed by atoms with Gasteiger partial charge in [-0.2, -0.15) is 4.98 Å². The van der Waals surface area contributed by atoms with Crippen molar-refractivity contribution in [3.63, 3.8) is 0 Å². The van der Waals surface area contributed by atoms with Gasteiger partial charge in [-0.05, 0) is 17.7 Å². The molecule has 0 amide bonds. The minimum atomic E-state index is -0.554. The van der Waals surface area contributed by atoms with Gasteiger partial charge in [0, 0.05) is 0 Å². The van der Waals surface area contributed by atoms with Crippen molar-refractivity contribution in [1.82, 2.24) is 10.1 Å². The van der Waals surface area contributed by atoms with Crippen molar-refractivity contribution in [3.8, 4) is 11.4 Å². The number of benzene rings is 2. The molecule has 118 valence electrons. The summed E-state index contributed by atoms with van der Waals surface area (Å²) >= 11 is 5.75. The number of aromatic nitrogens is 2. The molecule has 1 heterocycles. The molecule has 4 nitrogen and oxygen atoms in total. The standard InChI is InChI=1S/C17H14ClFN2O2/c18-14-8-4-7-13(16(14)19)17-20-15(23-21-17)9-10-22-11-12-5-2-1-3-6-12/h1-8H,9-11H2. The summed E-state index contributed by atoms with van der Waals surface area (Å²) in [6.07, 6.45) is 0.460. The molecule has 0 atom stereocenters. The van der Waals surface area contributed by atoms with Gasteiger partial charge in [0.2, 0.25) is 11.7 Å². The van der Waals surface area contributed by atoms with Crippen molar-refractivity contribution in [1.29, 1.82) is 0 Å². The van der Waals surface area contributed by atoms with Gasteiger partial charge in [-0.25, -0.2) is 4.39 Å². The molecule has 0 N–H and O–H groups in total. The first-order valence-electron chi connectivity index (χ1n) is 7.12. The molecule has 0 radical (unpaired) electrons. The van der Waals surface area contributed by atoms with Gasteiger partial charge in [-0.15, -0.1) is 0 Å². The second-order valence-corrected chi connectivity index (χ2v) is 5.31. The van der Waals surface area contributed by atoms with E-state index < -0.39 is 5.82 Å². The zero-order chi connectivity index (χ0) is 16.1. The molecule has 23 heavy (non-hydrogen) atoms. The Labute approximate surface area is 137 Å². The fraction of sp³-hybridized carbons (Fsp3) is 0.176. The quantitative estimate of drug-likeness (QED) is 0.632. The molecule has 2 aromatic carbocycles. The Morgan fingerprint density at radius 1 is 1.09 bits per heavy atom. The zero-order valence-corrected chi connectivity index (χ0v) is 13.0. The molecular weight excluding hydrogens is 319 g/mol. The number of hydrogen-bond acceptors (Lipinski definition) is 4. The van der Waals surface area contributed by atoms with Crippen LogP contribution in [0.25, 0.3) is 11.4 Å². The van der Waals surface area contributed by atoms with Gasteiger partial charge >= 0.3 is 0 Å². The molecule has 0 spiro atoms. The Morgan fingerprint density at radius 3 is 2.74 bits per heavy atom. The Kier molecular flexibility index (Phi) is 5.00. The third-order valence-corrected chi connectivity index (χ3v) is 3.52. The van der Waals surface area contributed by atoms with Gasteiger partial charge in [-0.3, -0.25) is 0 Å². The molecule has 0 aliphatic rings. The van der Waals surface area contributed by atoms with Crippen LogP contribution in [0.4, 0.5) is 4.39 Å². The van der Waals surface area contributed by atoms with E-state index in [0.717, 1.165) is 5.56 Å². The van der Waals surface area contributed by atoms with Crippen LogP contribution in [0.2, 0.25) is 5.02 Å². The van der Waals surface area contributed by atoms with Crippen molar-refractivity contribution < 1.29 is 13.7 Å². The van der Waals surface area contributed by atoms with Crippen LogP contribution in [0.5, 0.6) is 0 Å². The van der Waals surface area contributed by atoms with E-state index in [4.69, 9.17) is 20.9 Å². The maximum absolute atomic E-state index is 13.9. The van der Waals surface area contributed by atoms with Crippen molar-refractivity contribution in [3.05, 3.63) is 70.8 Å². The second-order valence-electron chi connectivity index (χ2n) is 4.90. The summed E-state index contributed by atoms with van der Waals surface area (Å²) in [6.45, 7) is 0.958. The van der Waals surface area contributed by atoms with Crippen LogP contribution in [-0.4, -0.2) is 16.7 Å². The lowest BCUT2D eigenvalue weighted by molar-refractivity contribution is 0.118. The molecule has 0 saturated heterocycles. The number of rotatable bonds is 6. The van der Waals surface area contributed by atoms with E-state index in [2.05, 4.69) is 10.1 Å². The van der Waals surface area contributed by atoms with Crippen molar-refractivity contribution >= 4 is 11.6 Å². The van der Waals surface area contributed by atoms with Crippen molar-refractivity contribution in [2.24, 2.45) is 0 Å². The average Bonchev–Trinajstić information content (AvgIpc) is 3.04. The lowest BCUT2D eigenvalue weighted by Gasteiger charge is -2.01. The van der Waals surface area contributed by atoms with E-state index in [9.17, 15) is 4.39 Å². The Hall–Kier alpha value is -2.24. The highest BCUT2D eigenvalue weighted by Gasteiger charge is 2.14.